The molecule has 8 nitrogen and oxygen atoms in total. The molecule has 0 heterocycles. The number of unbranched alkanes of at least 4 members (excludes halogenated alkanes) is 52. The molecule has 0 rings (SSSR count). The summed E-state index contributed by atoms with van der Waals surface area (Å²) in [7, 11) is 1.28. The summed E-state index contributed by atoms with van der Waals surface area (Å²) < 4.78 is 23.5. The lowest BCUT2D eigenvalue weighted by Crippen LogP contribution is -2.45. The molecule has 0 fully saturated rings. The average Bonchev–Trinajstić information content (AvgIpc) is 3.50. The molecule has 0 aliphatic heterocycles. The van der Waals surface area contributed by atoms with Gasteiger partial charge in [-0.25, -0.2) is 0 Å². The monoisotopic (exact) mass is 1190 g/mol. The number of quaternary nitrogens is 1. The van der Waals surface area contributed by atoms with Crippen molar-refractivity contribution >= 4 is 13.7 Å². The van der Waals surface area contributed by atoms with Gasteiger partial charge in [0, 0.05) is 6.42 Å². The Hall–Kier alpha value is -1.28. The fraction of sp³-hybridized carbons (Fsp3) is 0.905. The number of hydrogen-bond donors (Lipinski definition) is 2. The van der Waals surface area contributed by atoms with Crippen LogP contribution in [0.25, 0.3) is 0 Å². The van der Waals surface area contributed by atoms with E-state index in [9.17, 15) is 19.4 Å². The van der Waals surface area contributed by atoms with Crippen LogP contribution in [0, 0.1) is 0 Å². The van der Waals surface area contributed by atoms with Gasteiger partial charge in [-0.2, -0.15) is 0 Å². The van der Waals surface area contributed by atoms with Crippen molar-refractivity contribution in [2.45, 2.75) is 392 Å². The van der Waals surface area contributed by atoms with Gasteiger partial charge in [-0.05, 0) is 51.4 Å². The number of aliphatic hydroxyl groups is 1. The van der Waals surface area contributed by atoms with Crippen LogP contribution in [0.3, 0.4) is 0 Å². The molecule has 0 spiro atoms. The predicted octanol–water partition coefficient (Wildman–Crippen LogP) is 23.0. The Morgan fingerprint density at radius 3 is 1.00 bits per heavy atom. The third-order valence-electron chi connectivity index (χ3n) is 17.1. The Labute approximate surface area is 518 Å². The van der Waals surface area contributed by atoms with Crippen molar-refractivity contribution in [1.29, 1.82) is 0 Å². The minimum absolute atomic E-state index is 0.00175. The highest BCUT2D eigenvalue weighted by Crippen LogP contribution is 2.38. The SMILES string of the molecule is CCCCCCC/C=C\C/C=C\CCCCCCCCCCCCCCCCCCCCCCCCCCCCCC(=O)NC(COP(=O)([O-])OCC[N+](C)(C)C)C(O)/C=C/CCCCCCCCCCCCCCCCCCCCCC. The van der Waals surface area contributed by atoms with Gasteiger partial charge in [0.1, 0.15) is 13.2 Å². The standard InChI is InChI=1S/C74H145N2O6P/c1-6-8-10-12-14-16-18-20-22-24-26-28-30-31-32-33-34-35-36-37-38-39-40-41-42-43-44-45-46-48-50-52-54-56-58-60-62-64-66-68-74(78)75-72(71-82-83(79,80)81-70-69-76(3,4)5)73(77)67-65-63-61-59-57-55-53-51-49-47-29-27-25-23-21-19-17-15-13-11-9-7-2/h18,20,24,26,65,67,72-73,77H,6-17,19,21-23,25,27-64,66,68-71H2,1-5H3,(H-,75,78,79,80)/b20-18-,26-24-,67-65+. The largest absolute Gasteiger partial charge is 0.756 e. The third-order valence-corrected chi connectivity index (χ3v) is 18.1. The lowest BCUT2D eigenvalue weighted by molar-refractivity contribution is -0.870. The second kappa shape index (κ2) is 65.2. The molecule has 0 radical (unpaired) electrons. The zero-order valence-corrected chi connectivity index (χ0v) is 57.3. The molecule has 0 aliphatic carbocycles. The highest BCUT2D eigenvalue weighted by Gasteiger charge is 2.23. The Kier molecular flexibility index (Phi) is 64.2. The van der Waals surface area contributed by atoms with Crippen molar-refractivity contribution in [2.24, 2.45) is 0 Å². The molecule has 0 aromatic rings. The summed E-state index contributed by atoms with van der Waals surface area (Å²) in [6.07, 6.45) is 87.2. The Bertz CT molecular complexity index is 1450. The molecule has 0 aromatic carbocycles. The predicted molar refractivity (Wildman–Crippen MR) is 362 cm³/mol. The van der Waals surface area contributed by atoms with Crippen molar-refractivity contribution in [3.8, 4) is 0 Å². The van der Waals surface area contributed by atoms with E-state index in [0.29, 0.717) is 17.4 Å². The average molecular weight is 1190 g/mol. The maximum Gasteiger partial charge on any atom is 0.268 e. The van der Waals surface area contributed by atoms with E-state index in [1.807, 2.05) is 27.2 Å². The summed E-state index contributed by atoms with van der Waals surface area (Å²) in [6.45, 7) is 4.70. The lowest BCUT2D eigenvalue weighted by atomic mass is 10.0. The molecule has 0 saturated heterocycles. The highest BCUT2D eigenvalue weighted by atomic mass is 31.2. The van der Waals surface area contributed by atoms with Gasteiger partial charge in [0.15, 0.2) is 0 Å². The summed E-state index contributed by atoms with van der Waals surface area (Å²) in [5, 5.41) is 14.0. The van der Waals surface area contributed by atoms with Crippen LogP contribution in [0.4, 0.5) is 0 Å². The van der Waals surface area contributed by atoms with E-state index in [1.165, 1.54) is 315 Å². The fourth-order valence-electron chi connectivity index (χ4n) is 11.4. The number of carbonyl (C=O) groups excluding carboxylic acids is 1. The van der Waals surface area contributed by atoms with Crippen LogP contribution in [0.2, 0.25) is 0 Å². The first-order valence-corrected chi connectivity index (χ1v) is 38.3. The van der Waals surface area contributed by atoms with Gasteiger partial charge in [0.2, 0.25) is 5.91 Å². The number of phosphoric ester groups is 1. The van der Waals surface area contributed by atoms with Crippen LogP contribution in [-0.4, -0.2) is 68.5 Å². The summed E-state index contributed by atoms with van der Waals surface area (Å²) >= 11 is 0. The number of aliphatic hydroxyl groups excluding tert-OH is 1. The fourth-order valence-corrected chi connectivity index (χ4v) is 12.1. The van der Waals surface area contributed by atoms with Crippen LogP contribution in [-0.2, 0) is 18.4 Å². The molecule has 83 heavy (non-hydrogen) atoms. The molecule has 3 atom stereocenters. The number of phosphoric acid groups is 1. The second-order valence-electron chi connectivity index (χ2n) is 26.7. The van der Waals surface area contributed by atoms with E-state index in [2.05, 4.69) is 43.5 Å². The van der Waals surface area contributed by atoms with Crippen LogP contribution >= 0.6 is 7.82 Å². The topological polar surface area (TPSA) is 108 Å². The molecular weight excluding hydrogens is 1040 g/mol. The first-order chi connectivity index (χ1) is 40.5. The van der Waals surface area contributed by atoms with Gasteiger partial charge in [0.05, 0.1) is 39.9 Å². The number of hydrogen-bond acceptors (Lipinski definition) is 6. The minimum Gasteiger partial charge on any atom is -0.756 e. The van der Waals surface area contributed by atoms with Gasteiger partial charge < -0.3 is 28.8 Å². The van der Waals surface area contributed by atoms with E-state index >= 15 is 0 Å². The zero-order valence-electron chi connectivity index (χ0n) is 56.4. The molecule has 1 amide bonds. The van der Waals surface area contributed by atoms with Gasteiger partial charge >= 0.3 is 0 Å². The second-order valence-corrected chi connectivity index (χ2v) is 28.1. The molecule has 0 aromatic heterocycles. The molecule has 3 unspecified atom stereocenters. The van der Waals surface area contributed by atoms with E-state index in [0.717, 1.165) is 44.9 Å². The maximum absolute atomic E-state index is 13.0. The van der Waals surface area contributed by atoms with Crippen LogP contribution in [0.15, 0.2) is 36.5 Å². The van der Waals surface area contributed by atoms with Crippen molar-refractivity contribution in [3.05, 3.63) is 36.5 Å². The Balaban J connectivity index is 3.92. The smallest absolute Gasteiger partial charge is 0.268 e. The summed E-state index contributed by atoms with van der Waals surface area (Å²) in [6, 6.07) is -0.885. The number of likely N-dealkylation sites (N-methyl/N-ethyl adjacent to an activating group) is 1. The van der Waals surface area contributed by atoms with Crippen LogP contribution in [0.1, 0.15) is 380 Å². The molecule has 0 aliphatic rings. The zero-order chi connectivity index (χ0) is 60.5. The number of rotatable bonds is 69. The third kappa shape index (κ3) is 68.1. The van der Waals surface area contributed by atoms with Crippen LogP contribution < -0.4 is 10.2 Å². The highest BCUT2D eigenvalue weighted by molar-refractivity contribution is 7.45. The van der Waals surface area contributed by atoms with E-state index in [-0.39, 0.29) is 19.1 Å². The maximum atomic E-state index is 13.0. The minimum atomic E-state index is -4.60. The van der Waals surface area contributed by atoms with E-state index in [4.69, 9.17) is 9.05 Å². The summed E-state index contributed by atoms with van der Waals surface area (Å²) in [4.78, 5) is 25.6. The van der Waals surface area contributed by atoms with E-state index in [1.54, 1.807) is 6.08 Å². The van der Waals surface area contributed by atoms with E-state index < -0.39 is 20.0 Å². The molecule has 0 saturated carbocycles. The van der Waals surface area contributed by atoms with Crippen molar-refractivity contribution in [1.82, 2.24) is 5.32 Å². The van der Waals surface area contributed by atoms with Gasteiger partial charge in [-0.15, -0.1) is 0 Å². The number of allylic oxidation sites excluding steroid dienone is 5. The quantitative estimate of drug-likeness (QED) is 0.0272. The number of nitrogens with one attached hydrogen (secondary N) is 1. The van der Waals surface area contributed by atoms with Crippen molar-refractivity contribution in [2.75, 3.05) is 40.9 Å². The first kappa shape index (κ1) is 81.7. The normalized spacial score (nSPS) is 13.8. The molecular formula is C74H145N2O6P. The first-order valence-electron chi connectivity index (χ1n) is 36.9. The van der Waals surface area contributed by atoms with Crippen molar-refractivity contribution < 1.29 is 32.9 Å². The Morgan fingerprint density at radius 2 is 0.699 bits per heavy atom. The molecule has 492 valence electrons. The van der Waals surface area contributed by atoms with Gasteiger partial charge in [0.25, 0.3) is 7.82 Å². The number of nitrogens with zero attached hydrogens (tertiary/aromatic N) is 1. The van der Waals surface area contributed by atoms with Crippen LogP contribution in [0.5, 0.6) is 0 Å². The number of carbonyl (C=O) groups is 1. The van der Waals surface area contributed by atoms with Gasteiger partial charge in [-0.3, -0.25) is 9.36 Å². The Morgan fingerprint density at radius 1 is 0.422 bits per heavy atom. The summed E-state index contributed by atoms with van der Waals surface area (Å²) in [5.74, 6) is -0.189. The van der Waals surface area contributed by atoms with Gasteiger partial charge in [-0.1, -0.05) is 359 Å². The molecule has 2 N–H and O–H groups in total. The molecule has 9 heteroatoms. The molecule has 0 bridgehead atoms. The lowest BCUT2D eigenvalue weighted by Gasteiger charge is -2.29. The van der Waals surface area contributed by atoms with Crippen molar-refractivity contribution in [3.63, 3.8) is 0 Å². The number of amides is 1. The summed E-state index contributed by atoms with van der Waals surface area (Å²) in [5.41, 5.74) is 0.